The van der Waals surface area contributed by atoms with Crippen LogP contribution in [0.1, 0.15) is 120 Å². The Balaban J connectivity index is 1.14. The number of urea groups is 1. The molecule has 1 aliphatic carbocycles. The van der Waals surface area contributed by atoms with Crippen LogP contribution >= 0.6 is 0 Å². The van der Waals surface area contributed by atoms with Crippen LogP contribution in [0, 0.1) is 11.8 Å². The number of ether oxygens (including phenoxy) is 2. The number of carbonyl (C=O) groups is 5. The number of ketones is 1. The summed E-state index contributed by atoms with van der Waals surface area (Å²) in [5.74, 6) is 0.439. The first-order valence-corrected chi connectivity index (χ1v) is 24.2. The fourth-order valence-corrected chi connectivity index (χ4v) is 8.05. The summed E-state index contributed by atoms with van der Waals surface area (Å²) in [4.78, 5) is 76.1. The molecule has 2 heterocycles. The van der Waals surface area contributed by atoms with Gasteiger partial charge in [0.1, 0.15) is 23.5 Å². The van der Waals surface area contributed by atoms with Gasteiger partial charge in [-0.15, -0.1) is 0 Å². The molecule has 0 radical (unpaired) electrons. The number of nitrogens with zero attached hydrogens (tertiary/aromatic N) is 4. The highest BCUT2D eigenvalue weighted by molar-refractivity contribution is 6.04. The topological polar surface area (TPSA) is 214 Å². The molecule has 364 valence electrons. The molecule has 15 heteroatoms. The number of nitrogens with two attached hydrogens (primary N) is 2. The molecule has 4 amide bonds. The molecule has 3 aromatic carbocycles. The predicted molar refractivity (Wildman–Crippen MR) is 263 cm³/mol. The third-order valence-corrected chi connectivity index (χ3v) is 12.2. The number of aromatic nitrogens is 3. The van der Waals surface area contributed by atoms with E-state index in [0.717, 1.165) is 70.2 Å². The number of hydrogen-bond donors (Lipinski definition) is 4. The van der Waals surface area contributed by atoms with Crippen molar-refractivity contribution in [3.63, 3.8) is 0 Å². The minimum atomic E-state index is -0.797. The van der Waals surface area contributed by atoms with E-state index in [1.54, 1.807) is 12.1 Å². The summed E-state index contributed by atoms with van der Waals surface area (Å²) in [6.07, 6.45) is 6.54. The van der Waals surface area contributed by atoms with Crippen molar-refractivity contribution in [2.24, 2.45) is 23.3 Å². The summed E-state index contributed by atoms with van der Waals surface area (Å²) < 4.78 is 13.8. The number of primary amides is 1. The molecule has 6 rings (SSSR count). The van der Waals surface area contributed by atoms with Gasteiger partial charge in [-0.1, -0.05) is 107 Å². The third kappa shape index (κ3) is 14.8. The highest BCUT2D eigenvalue weighted by Crippen LogP contribution is 2.33. The number of para-hydroxylation sites is 1. The molecule has 1 fully saturated rings. The van der Waals surface area contributed by atoms with Gasteiger partial charge in [-0.2, -0.15) is 0 Å². The van der Waals surface area contributed by atoms with Gasteiger partial charge in [0.25, 0.3) is 0 Å². The highest BCUT2D eigenvalue weighted by atomic mass is 16.6. The number of pyridine rings is 1. The number of imidazole rings is 1. The van der Waals surface area contributed by atoms with Crippen molar-refractivity contribution in [1.82, 2.24) is 30.1 Å². The molecule has 1 saturated carbocycles. The normalized spacial score (nSPS) is 13.6. The van der Waals surface area contributed by atoms with E-state index in [1.165, 1.54) is 12.8 Å². The van der Waals surface area contributed by atoms with Crippen molar-refractivity contribution in [2.75, 3.05) is 13.1 Å². The Morgan fingerprint density at radius 2 is 1.56 bits per heavy atom. The summed E-state index contributed by atoms with van der Waals surface area (Å²) in [6.45, 7) is 13.5. The minimum Gasteiger partial charge on any atom is -0.461 e. The van der Waals surface area contributed by atoms with Crippen LogP contribution in [0.5, 0.6) is 0 Å². The van der Waals surface area contributed by atoms with E-state index in [1.807, 2.05) is 75.9 Å². The van der Waals surface area contributed by atoms with Crippen LogP contribution in [0.25, 0.3) is 21.9 Å². The Labute approximate surface area is 400 Å². The largest absolute Gasteiger partial charge is 0.461 e. The van der Waals surface area contributed by atoms with E-state index in [4.69, 9.17) is 30.9 Å². The average molecular weight is 931 g/mol. The van der Waals surface area contributed by atoms with Crippen molar-refractivity contribution in [3.05, 3.63) is 107 Å². The number of nitrogens with one attached hydrogen (secondary N) is 2. The van der Waals surface area contributed by atoms with Gasteiger partial charge in [-0.05, 0) is 86.6 Å². The SMILES string of the molecule is CCCCc1nc2c(CC(=O)OCc3ccc(CC(=O)[C@@H](CCCNC(N)=O)NC(=O)[C@H](N)C(C)C)cc3)nc3ccccc3c2n1Cc1ccc(CN(CCC2CC2)C(=O)OC(C)(C)C)cc1. The zero-order chi connectivity index (χ0) is 49.0. The molecule has 2 atom stereocenters. The molecule has 5 aromatic rings. The Kier molecular flexibility index (Phi) is 17.7. The quantitative estimate of drug-likeness (QED) is 0.0348. The minimum absolute atomic E-state index is 0.0185. The maximum absolute atomic E-state index is 13.6. The van der Waals surface area contributed by atoms with Gasteiger partial charge in [0, 0.05) is 44.4 Å². The number of hydrogen-bond acceptors (Lipinski definition) is 10. The second-order valence-electron chi connectivity index (χ2n) is 19.5. The van der Waals surface area contributed by atoms with Crippen LogP contribution in [0.3, 0.4) is 0 Å². The van der Waals surface area contributed by atoms with Crippen LogP contribution in [0.15, 0.2) is 72.8 Å². The maximum Gasteiger partial charge on any atom is 0.410 e. The van der Waals surface area contributed by atoms with Gasteiger partial charge in [0.2, 0.25) is 5.91 Å². The first kappa shape index (κ1) is 51.0. The lowest BCUT2D eigenvalue weighted by molar-refractivity contribution is -0.144. The van der Waals surface area contributed by atoms with E-state index in [0.29, 0.717) is 49.6 Å². The van der Waals surface area contributed by atoms with Crippen LogP contribution < -0.4 is 22.1 Å². The number of fused-ring (bicyclic) bond motifs is 3. The fourth-order valence-electron chi connectivity index (χ4n) is 8.05. The molecule has 2 aromatic heterocycles. The zero-order valence-corrected chi connectivity index (χ0v) is 40.6. The Hall–Kier alpha value is -6.35. The Bertz CT molecular complexity index is 2530. The molecule has 68 heavy (non-hydrogen) atoms. The molecule has 0 bridgehead atoms. The summed E-state index contributed by atoms with van der Waals surface area (Å²) in [7, 11) is 0. The number of amides is 4. The van der Waals surface area contributed by atoms with Crippen LogP contribution in [0.4, 0.5) is 9.59 Å². The van der Waals surface area contributed by atoms with E-state index in [-0.39, 0.29) is 43.8 Å². The number of Topliss-reactive ketones (excluding diaryl/α,β-unsaturated/α-hetero) is 1. The van der Waals surface area contributed by atoms with Crippen molar-refractivity contribution in [3.8, 4) is 0 Å². The molecule has 6 N–H and O–H groups in total. The first-order valence-electron chi connectivity index (χ1n) is 24.2. The number of carbonyl (C=O) groups excluding carboxylic acids is 5. The lowest BCUT2D eigenvalue weighted by Gasteiger charge is -2.27. The van der Waals surface area contributed by atoms with Crippen molar-refractivity contribution >= 4 is 51.7 Å². The molecular weight excluding hydrogens is 861 g/mol. The van der Waals surface area contributed by atoms with Crippen LogP contribution in [-0.4, -0.2) is 80.0 Å². The smallest absolute Gasteiger partial charge is 0.410 e. The molecule has 15 nitrogen and oxygen atoms in total. The summed E-state index contributed by atoms with van der Waals surface area (Å²) in [6, 6.07) is 21.3. The molecule has 0 aliphatic heterocycles. The van der Waals surface area contributed by atoms with Crippen LogP contribution in [-0.2, 0) is 62.8 Å². The highest BCUT2D eigenvalue weighted by Gasteiger charge is 2.28. The van der Waals surface area contributed by atoms with Crippen molar-refractivity contribution in [2.45, 2.75) is 143 Å². The number of benzene rings is 3. The van der Waals surface area contributed by atoms with Crippen LogP contribution in [0.2, 0.25) is 0 Å². The molecule has 1 aliphatic rings. The van der Waals surface area contributed by atoms with E-state index < -0.39 is 35.6 Å². The van der Waals surface area contributed by atoms with E-state index in [9.17, 15) is 24.0 Å². The number of rotatable bonds is 24. The third-order valence-electron chi connectivity index (χ3n) is 12.2. The second-order valence-corrected chi connectivity index (χ2v) is 19.5. The summed E-state index contributed by atoms with van der Waals surface area (Å²) in [5.41, 5.74) is 17.1. The van der Waals surface area contributed by atoms with E-state index >= 15 is 0 Å². The monoisotopic (exact) mass is 931 g/mol. The van der Waals surface area contributed by atoms with Gasteiger partial charge in [-0.25, -0.2) is 19.6 Å². The fraction of sp³-hybridized carbons (Fsp3) is 0.491. The number of aryl methyl sites for hydroxylation is 1. The van der Waals surface area contributed by atoms with Gasteiger partial charge in [0.05, 0.1) is 35.2 Å². The number of unbranched alkanes of at least 4 members (excludes halogenated alkanes) is 1. The Morgan fingerprint density at radius 1 is 0.882 bits per heavy atom. The summed E-state index contributed by atoms with van der Waals surface area (Å²) >= 11 is 0. The Morgan fingerprint density at radius 3 is 2.22 bits per heavy atom. The standard InChI is InChI=1S/C53H70N8O7/c1-7-8-15-45-59-48-43(30-46(63)67-33-39-24-18-36(19-25-39)29-44(62)42(14-11-27-56-51(55)65)58-50(64)47(54)34(2)3)57-41-13-10-9-12-40(41)49(48)61(45)32-38-22-20-37(21-23-38)31-60(28-26-35-16-17-35)52(66)68-53(4,5)6/h9-10,12-13,18-25,34-35,42,47H,7-8,11,14-17,26-33,54H2,1-6H3,(H,58,64)(H3,55,56,65)/t42-,47-/m1/s1. The summed E-state index contributed by atoms with van der Waals surface area (Å²) in [5, 5.41) is 6.25. The lowest BCUT2D eigenvalue weighted by atomic mass is 9.98. The van der Waals surface area contributed by atoms with Gasteiger partial charge in [0.15, 0.2) is 5.78 Å². The van der Waals surface area contributed by atoms with Gasteiger partial charge in [-0.3, -0.25) is 14.4 Å². The molecular formula is C53H70N8O7. The number of esters is 1. The zero-order valence-electron chi connectivity index (χ0n) is 40.6. The molecule has 0 saturated heterocycles. The van der Waals surface area contributed by atoms with Gasteiger partial charge >= 0.3 is 18.1 Å². The van der Waals surface area contributed by atoms with Crippen molar-refractivity contribution in [1.29, 1.82) is 0 Å². The predicted octanol–water partition coefficient (Wildman–Crippen LogP) is 7.83. The first-order chi connectivity index (χ1) is 32.5. The molecule has 0 spiro atoms. The maximum atomic E-state index is 13.6. The van der Waals surface area contributed by atoms with Gasteiger partial charge < -0.3 is 41.0 Å². The average Bonchev–Trinajstić information content (AvgIpc) is 4.06. The lowest BCUT2D eigenvalue weighted by Crippen LogP contribution is -2.50. The van der Waals surface area contributed by atoms with Crippen molar-refractivity contribution < 1.29 is 33.4 Å². The van der Waals surface area contributed by atoms with E-state index in [2.05, 4.69) is 46.4 Å². The molecule has 0 unspecified atom stereocenters. The second kappa shape index (κ2) is 23.6.